The monoisotopic (exact) mass is 232 g/mol. The first kappa shape index (κ1) is 9.18. The quantitative estimate of drug-likeness (QED) is 0.738. The highest BCUT2D eigenvalue weighted by Gasteiger charge is 2.10. The number of halogens is 1. The summed E-state index contributed by atoms with van der Waals surface area (Å²) in [6.07, 6.45) is 1.39. The van der Waals surface area contributed by atoms with Crippen molar-refractivity contribution in [2.24, 2.45) is 0 Å². The molecule has 0 fully saturated rings. The van der Waals surface area contributed by atoms with Crippen LogP contribution in [0.3, 0.4) is 0 Å². The van der Waals surface area contributed by atoms with E-state index in [2.05, 4.69) is 36.7 Å². The van der Waals surface area contributed by atoms with Crippen molar-refractivity contribution in [1.29, 1.82) is 0 Å². The molecule has 0 aliphatic rings. The number of amides is 1. The van der Waals surface area contributed by atoms with Crippen LogP contribution in [0, 0.1) is 0 Å². The Kier molecular flexibility index (Phi) is 3.21. The van der Waals surface area contributed by atoms with Crippen molar-refractivity contribution in [3.8, 4) is 0 Å². The van der Waals surface area contributed by atoms with Gasteiger partial charge in [-0.2, -0.15) is 15.4 Å². The molecule has 2 N–H and O–H groups in total. The lowest BCUT2D eigenvalue weighted by Gasteiger charge is -2.07. The average Bonchev–Trinajstić information content (AvgIpc) is 2.56. The molecule has 1 atom stereocenters. The van der Waals surface area contributed by atoms with Crippen molar-refractivity contribution in [2.75, 3.05) is 5.33 Å². The number of hydrogen-bond donors (Lipinski definition) is 2. The van der Waals surface area contributed by atoms with Crippen LogP contribution in [-0.2, 0) is 0 Å². The SMILES string of the molecule is CC(CBr)NC(=O)c1cn[nH]n1. The van der Waals surface area contributed by atoms with Crippen LogP contribution in [0.5, 0.6) is 0 Å². The third-order valence-electron chi connectivity index (χ3n) is 1.26. The van der Waals surface area contributed by atoms with Gasteiger partial charge in [-0.3, -0.25) is 4.79 Å². The Morgan fingerprint density at radius 2 is 2.67 bits per heavy atom. The maximum atomic E-state index is 11.2. The van der Waals surface area contributed by atoms with Crippen molar-refractivity contribution in [2.45, 2.75) is 13.0 Å². The van der Waals surface area contributed by atoms with Gasteiger partial charge in [-0.05, 0) is 6.92 Å². The fourth-order valence-electron chi connectivity index (χ4n) is 0.647. The van der Waals surface area contributed by atoms with Gasteiger partial charge in [-0.1, -0.05) is 15.9 Å². The van der Waals surface area contributed by atoms with E-state index in [1.54, 1.807) is 0 Å². The van der Waals surface area contributed by atoms with Gasteiger partial charge in [0.25, 0.3) is 5.91 Å². The van der Waals surface area contributed by atoms with E-state index in [9.17, 15) is 4.79 Å². The van der Waals surface area contributed by atoms with Gasteiger partial charge in [0.15, 0.2) is 5.69 Å². The lowest BCUT2D eigenvalue weighted by Crippen LogP contribution is -2.33. The Morgan fingerprint density at radius 3 is 3.17 bits per heavy atom. The van der Waals surface area contributed by atoms with Crippen molar-refractivity contribution < 1.29 is 4.79 Å². The molecular formula is C6H9BrN4O. The number of rotatable bonds is 3. The van der Waals surface area contributed by atoms with Crippen LogP contribution in [0.25, 0.3) is 0 Å². The molecule has 5 nitrogen and oxygen atoms in total. The molecule has 0 saturated heterocycles. The van der Waals surface area contributed by atoms with Gasteiger partial charge < -0.3 is 5.32 Å². The van der Waals surface area contributed by atoms with Crippen LogP contribution in [0.15, 0.2) is 6.20 Å². The molecule has 1 rings (SSSR count). The second kappa shape index (κ2) is 4.20. The highest BCUT2D eigenvalue weighted by atomic mass is 79.9. The maximum Gasteiger partial charge on any atom is 0.273 e. The van der Waals surface area contributed by atoms with E-state index in [1.807, 2.05) is 6.92 Å². The summed E-state index contributed by atoms with van der Waals surface area (Å²) in [5.41, 5.74) is 0.308. The van der Waals surface area contributed by atoms with Crippen molar-refractivity contribution in [3.63, 3.8) is 0 Å². The number of aromatic nitrogens is 3. The van der Waals surface area contributed by atoms with Crippen LogP contribution >= 0.6 is 15.9 Å². The Bertz CT molecular complexity index is 248. The van der Waals surface area contributed by atoms with Gasteiger partial charge in [0, 0.05) is 11.4 Å². The van der Waals surface area contributed by atoms with Gasteiger partial charge in [-0.25, -0.2) is 0 Å². The molecule has 0 bridgehead atoms. The maximum absolute atomic E-state index is 11.2. The van der Waals surface area contributed by atoms with E-state index in [1.165, 1.54) is 6.20 Å². The van der Waals surface area contributed by atoms with Crippen LogP contribution in [0.1, 0.15) is 17.4 Å². The van der Waals surface area contributed by atoms with Crippen molar-refractivity contribution in [3.05, 3.63) is 11.9 Å². The summed E-state index contributed by atoms with van der Waals surface area (Å²) < 4.78 is 0. The van der Waals surface area contributed by atoms with E-state index < -0.39 is 0 Å². The third-order valence-corrected chi connectivity index (χ3v) is 2.23. The molecule has 1 aromatic rings. The van der Waals surface area contributed by atoms with Crippen LogP contribution in [0.2, 0.25) is 0 Å². The summed E-state index contributed by atoms with van der Waals surface area (Å²) in [6, 6.07) is 0.0919. The third kappa shape index (κ3) is 2.30. The summed E-state index contributed by atoms with van der Waals surface area (Å²) in [7, 11) is 0. The minimum absolute atomic E-state index is 0.0919. The smallest absolute Gasteiger partial charge is 0.273 e. The van der Waals surface area contributed by atoms with Gasteiger partial charge in [0.2, 0.25) is 0 Å². The fourth-order valence-corrected chi connectivity index (χ4v) is 0.809. The summed E-state index contributed by atoms with van der Waals surface area (Å²) in [4.78, 5) is 11.2. The van der Waals surface area contributed by atoms with Crippen LogP contribution in [-0.4, -0.2) is 32.7 Å². The first-order valence-corrected chi connectivity index (χ1v) is 4.58. The Morgan fingerprint density at radius 1 is 1.92 bits per heavy atom. The predicted octanol–water partition coefficient (Wildman–Crippen LogP) is 0.318. The van der Waals surface area contributed by atoms with Gasteiger partial charge in [0.05, 0.1) is 6.20 Å². The molecule has 0 saturated carbocycles. The molecule has 1 unspecified atom stereocenters. The molecular weight excluding hydrogens is 224 g/mol. The van der Waals surface area contributed by atoms with E-state index in [0.29, 0.717) is 5.69 Å². The zero-order valence-electron chi connectivity index (χ0n) is 6.54. The highest BCUT2D eigenvalue weighted by Crippen LogP contribution is 1.93. The molecule has 0 aliphatic heterocycles. The number of hydrogen-bond acceptors (Lipinski definition) is 3. The van der Waals surface area contributed by atoms with E-state index >= 15 is 0 Å². The second-order valence-electron chi connectivity index (χ2n) is 2.38. The number of nitrogens with one attached hydrogen (secondary N) is 2. The van der Waals surface area contributed by atoms with E-state index in [-0.39, 0.29) is 11.9 Å². The normalized spacial score (nSPS) is 12.5. The minimum atomic E-state index is -0.212. The molecule has 0 aliphatic carbocycles. The number of alkyl halides is 1. The van der Waals surface area contributed by atoms with Crippen LogP contribution in [0.4, 0.5) is 0 Å². The summed E-state index contributed by atoms with van der Waals surface area (Å²) in [5.74, 6) is -0.212. The van der Waals surface area contributed by atoms with Crippen LogP contribution < -0.4 is 5.32 Å². The highest BCUT2D eigenvalue weighted by molar-refractivity contribution is 9.09. The largest absolute Gasteiger partial charge is 0.347 e. The predicted molar refractivity (Wildman–Crippen MR) is 47.1 cm³/mol. The fraction of sp³-hybridized carbons (Fsp3) is 0.500. The van der Waals surface area contributed by atoms with Crippen molar-refractivity contribution >= 4 is 21.8 Å². The molecule has 0 spiro atoms. The summed E-state index contributed by atoms with van der Waals surface area (Å²) in [5, 5.41) is 13.0. The lowest BCUT2D eigenvalue weighted by molar-refractivity contribution is 0.0939. The average molecular weight is 233 g/mol. The van der Waals surface area contributed by atoms with Gasteiger partial charge >= 0.3 is 0 Å². The molecule has 66 valence electrons. The first-order valence-electron chi connectivity index (χ1n) is 3.46. The molecule has 1 heterocycles. The zero-order chi connectivity index (χ0) is 8.97. The molecule has 6 heteroatoms. The first-order chi connectivity index (χ1) is 5.74. The number of aromatic amines is 1. The zero-order valence-corrected chi connectivity index (χ0v) is 8.13. The Labute approximate surface area is 78.1 Å². The molecule has 0 aromatic carbocycles. The lowest BCUT2D eigenvalue weighted by atomic mass is 10.3. The Hall–Kier alpha value is -0.910. The van der Waals surface area contributed by atoms with Crippen molar-refractivity contribution in [1.82, 2.24) is 20.7 Å². The molecule has 1 amide bonds. The second-order valence-corrected chi connectivity index (χ2v) is 3.03. The molecule has 12 heavy (non-hydrogen) atoms. The topological polar surface area (TPSA) is 70.7 Å². The number of H-pyrrole nitrogens is 1. The molecule has 1 aromatic heterocycles. The minimum Gasteiger partial charge on any atom is -0.347 e. The van der Waals surface area contributed by atoms with Gasteiger partial charge in [0.1, 0.15) is 0 Å². The van der Waals surface area contributed by atoms with E-state index in [0.717, 1.165) is 5.33 Å². The standard InChI is InChI=1S/C6H9BrN4O/c1-4(2-7)9-6(12)5-3-8-11-10-5/h3-4H,2H2,1H3,(H,9,12)(H,8,10,11). The Balaban J connectivity index is 2.50. The summed E-state index contributed by atoms with van der Waals surface area (Å²) in [6.45, 7) is 1.90. The number of carbonyl (C=O) groups is 1. The number of nitrogens with zero attached hydrogens (tertiary/aromatic N) is 2. The number of carbonyl (C=O) groups excluding carboxylic acids is 1. The molecule has 0 radical (unpaired) electrons. The van der Waals surface area contributed by atoms with Gasteiger partial charge in [-0.15, -0.1) is 0 Å². The van der Waals surface area contributed by atoms with E-state index in [4.69, 9.17) is 0 Å². The summed E-state index contributed by atoms with van der Waals surface area (Å²) >= 11 is 3.25.